The van der Waals surface area contributed by atoms with Gasteiger partial charge in [0.05, 0.1) is 19.6 Å². The van der Waals surface area contributed by atoms with E-state index < -0.39 is 42.1 Å². The SMILES string of the molecule is C=Cc1cc(C(=O)Nc2ccc(C(=N)NC(=O)OCCCCCC)cc2)c(-c2ccc(C(=O)NCC3CC3)nc2C(=O)OC(C)OC(=O)C(C)CC)cc1OC. The van der Waals surface area contributed by atoms with Crippen LogP contribution in [0.25, 0.3) is 17.2 Å². The van der Waals surface area contributed by atoms with Gasteiger partial charge in [-0.05, 0) is 80.1 Å². The molecule has 1 aliphatic carbocycles. The largest absolute Gasteiger partial charge is 0.496 e. The Kier molecular flexibility index (Phi) is 15.7. The summed E-state index contributed by atoms with van der Waals surface area (Å²) in [5.41, 5.74) is 1.33. The van der Waals surface area contributed by atoms with Crippen molar-refractivity contribution in [1.29, 1.82) is 5.41 Å². The summed E-state index contributed by atoms with van der Waals surface area (Å²) in [6.07, 6.45) is 5.88. The molecular formula is C42H51N5O9. The van der Waals surface area contributed by atoms with Crippen LogP contribution in [0, 0.1) is 17.2 Å². The van der Waals surface area contributed by atoms with E-state index in [4.69, 9.17) is 24.4 Å². The molecule has 0 bridgehead atoms. The predicted molar refractivity (Wildman–Crippen MR) is 212 cm³/mol. The number of alkyl carbamates (subject to hydrolysis) is 1. The number of rotatable bonds is 19. The molecule has 298 valence electrons. The first-order valence-electron chi connectivity index (χ1n) is 18.9. The van der Waals surface area contributed by atoms with Crippen LogP contribution in [-0.4, -0.2) is 67.2 Å². The number of carbonyl (C=O) groups excluding carboxylic acids is 5. The predicted octanol–water partition coefficient (Wildman–Crippen LogP) is 7.52. The maximum atomic E-state index is 14.0. The summed E-state index contributed by atoms with van der Waals surface area (Å²) < 4.78 is 21.6. The lowest BCUT2D eigenvalue weighted by molar-refractivity contribution is -0.170. The van der Waals surface area contributed by atoms with Crippen LogP contribution in [0.4, 0.5) is 10.5 Å². The molecule has 1 fully saturated rings. The molecule has 4 N–H and O–H groups in total. The number of ether oxygens (including phenoxy) is 4. The van der Waals surface area contributed by atoms with Crippen LogP contribution in [0.1, 0.15) is 115 Å². The second-order valence-corrected chi connectivity index (χ2v) is 13.5. The Balaban J connectivity index is 1.64. The van der Waals surface area contributed by atoms with Crippen LogP contribution in [0.5, 0.6) is 5.75 Å². The number of carbonyl (C=O) groups is 5. The standard InChI is InChI=1S/C42H51N5O9/c1-7-10-11-12-21-54-42(52)47-37(43)29-15-17-30(18-16-29)45-38(48)33-22-28(9-3)35(53-6)23-32(33)31-19-20-34(39(49)44-24-27-13-14-27)46-36(31)41(51)56-26(5)55-40(50)25(4)8-2/h9,15-20,22-23,25-27H,3,7-8,10-14,21,24H2,1-2,4-6H3,(H,44,49)(H,45,48)(H2,43,47,52). The summed E-state index contributed by atoms with van der Waals surface area (Å²) in [4.78, 5) is 70.0. The smallest absolute Gasteiger partial charge is 0.412 e. The molecule has 14 heteroatoms. The highest BCUT2D eigenvalue weighted by Crippen LogP contribution is 2.35. The summed E-state index contributed by atoms with van der Waals surface area (Å²) >= 11 is 0. The normalized spacial score (nSPS) is 13.0. The zero-order chi connectivity index (χ0) is 40.8. The number of benzene rings is 2. The third kappa shape index (κ3) is 12.0. The van der Waals surface area contributed by atoms with E-state index in [9.17, 15) is 24.0 Å². The van der Waals surface area contributed by atoms with Gasteiger partial charge < -0.3 is 29.6 Å². The second-order valence-electron chi connectivity index (χ2n) is 13.5. The van der Waals surface area contributed by atoms with Gasteiger partial charge in [0.2, 0.25) is 6.29 Å². The third-order valence-corrected chi connectivity index (χ3v) is 9.15. The summed E-state index contributed by atoms with van der Waals surface area (Å²) in [7, 11) is 1.45. The van der Waals surface area contributed by atoms with Gasteiger partial charge >= 0.3 is 18.0 Å². The molecule has 2 aromatic carbocycles. The van der Waals surface area contributed by atoms with Gasteiger partial charge in [-0.15, -0.1) is 0 Å². The first-order valence-corrected chi connectivity index (χ1v) is 18.9. The van der Waals surface area contributed by atoms with Crippen molar-refractivity contribution in [3.05, 3.63) is 83.2 Å². The van der Waals surface area contributed by atoms with E-state index >= 15 is 0 Å². The number of unbranched alkanes of at least 4 members (excludes halogenated alkanes) is 3. The van der Waals surface area contributed by atoms with E-state index in [0.29, 0.717) is 41.4 Å². The summed E-state index contributed by atoms with van der Waals surface area (Å²) in [6.45, 7) is 11.6. The Morgan fingerprint density at radius 1 is 0.946 bits per heavy atom. The van der Waals surface area contributed by atoms with Gasteiger partial charge in [-0.25, -0.2) is 14.6 Å². The van der Waals surface area contributed by atoms with Crippen LogP contribution >= 0.6 is 0 Å². The van der Waals surface area contributed by atoms with Crippen molar-refractivity contribution in [3.8, 4) is 16.9 Å². The first-order chi connectivity index (χ1) is 26.9. The minimum absolute atomic E-state index is 0.0494. The molecule has 1 aliphatic rings. The van der Waals surface area contributed by atoms with Crippen LogP contribution in [-0.2, 0) is 19.0 Å². The van der Waals surface area contributed by atoms with E-state index in [1.54, 1.807) is 43.3 Å². The molecule has 14 nitrogen and oxygen atoms in total. The molecule has 0 aliphatic heterocycles. The molecule has 0 spiro atoms. The Hall–Kier alpha value is -6.05. The van der Waals surface area contributed by atoms with Crippen molar-refractivity contribution in [2.45, 2.75) is 78.9 Å². The average Bonchev–Trinajstić information content (AvgIpc) is 4.03. The number of amidine groups is 1. The summed E-state index contributed by atoms with van der Waals surface area (Å²) in [5.74, 6) is -2.47. The van der Waals surface area contributed by atoms with Gasteiger partial charge in [0.25, 0.3) is 11.8 Å². The molecule has 0 radical (unpaired) electrons. The molecule has 1 saturated carbocycles. The molecule has 2 unspecified atom stereocenters. The number of nitrogens with one attached hydrogen (secondary N) is 4. The molecule has 56 heavy (non-hydrogen) atoms. The fourth-order valence-electron chi connectivity index (χ4n) is 5.45. The van der Waals surface area contributed by atoms with Crippen molar-refractivity contribution >= 4 is 47.4 Å². The number of nitrogens with zero attached hydrogens (tertiary/aromatic N) is 1. The van der Waals surface area contributed by atoms with Crippen molar-refractivity contribution in [2.75, 3.05) is 25.6 Å². The fraction of sp³-hybridized carbons (Fsp3) is 0.405. The monoisotopic (exact) mass is 769 g/mol. The maximum Gasteiger partial charge on any atom is 0.412 e. The number of hydrogen-bond donors (Lipinski definition) is 4. The van der Waals surface area contributed by atoms with Gasteiger partial charge in [-0.1, -0.05) is 52.7 Å². The fourth-order valence-corrected chi connectivity index (χ4v) is 5.45. The Bertz CT molecular complexity index is 1920. The Labute approximate surface area is 327 Å². The van der Waals surface area contributed by atoms with E-state index in [-0.39, 0.29) is 40.5 Å². The minimum Gasteiger partial charge on any atom is -0.496 e. The zero-order valence-corrected chi connectivity index (χ0v) is 32.6. The minimum atomic E-state index is -1.28. The molecule has 3 amide bonds. The average molecular weight is 770 g/mol. The molecule has 1 aromatic heterocycles. The summed E-state index contributed by atoms with van der Waals surface area (Å²) in [5, 5.41) is 16.4. The number of aromatic nitrogens is 1. The van der Waals surface area contributed by atoms with E-state index in [2.05, 4.69) is 34.4 Å². The van der Waals surface area contributed by atoms with Gasteiger partial charge in [-0.3, -0.25) is 25.1 Å². The molecule has 3 aromatic rings. The van der Waals surface area contributed by atoms with Crippen LogP contribution in [0.3, 0.4) is 0 Å². The highest BCUT2D eigenvalue weighted by atomic mass is 16.7. The Morgan fingerprint density at radius 2 is 1.68 bits per heavy atom. The maximum absolute atomic E-state index is 14.0. The number of anilines is 1. The lowest BCUT2D eigenvalue weighted by atomic mass is 9.94. The zero-order valence-electron chi connectivity index (χ0n) is 32.6. The number of amides is 3. The topological polar surface area (TPSA) is 195 Å². The number of methoxy groups -OCH3 is 1. The molecular weight excluding hydrogens is 718 g/mol. The highest BCUT2D eigenvalue weighted by molar-refractivity contribution is 6.11. The number of hydrogen-bond acceptors (Lipinski definition) is 11. The number of pyridine rings is 1. The van der Waals surface area contributed by atoms with Crippen molar-refractivity contribution in [2.24, 2.45) is 11.8 Å². The molecule has 2 atom stereocenters. The van der Waals surface area contributed by atoms with Gasteiger partial charge in [0.1, 0.15) is 17.3 Å². The second kappa shape index (κ2) is 20.6. The molecule has 0 saturated heterocycles. The van der Waals surface area contributed by atoms with Gasteiger partial charge in [-0.2, -0.15) is 0 Å². The lowest BCUT2D eigenvalue weighted by Gasteiger charge is -2.19. The first kappa shape index (κ1) is 42.7. The van der Waals surface area contributed by atoms with Crippen LogP contribution in [0.15, 0.2) is 55.1 Å². The summed E-state index contributed by atoms with van der Waals surface area (Å²) in [6, 6.07) is 12.3. The van der Waals surface area contributed by atoms with E-state index in [1.807, 2.05) is 6.92 Å². The van der Waals surface area contributed by atoms with Crippen molar-refractivity contribution in [1.82, 2.24) is 15.6 Å². The van der Waals surface area contributed by atoms with Gasteiger partial charge in [0.15, 0.2) is 5.69 Å². The third-order valence-electron chi connectivity index (χ3n) is 9.15. The number of esters is 2. The van der Waals surface area contributed by atoms with Crippen LogP contribution < -0.4 is 20.7 Å². The molecule has 1 heterocycles. The van der Waals surface area contributed by atoms with E-state index in [1.165, 1.54) is 32.2 Å². The van der Waals surface area contributed by atoms with Crippen molar-refractivity contribution < 1.29 is 42.9 Å². The van der Waals surface area contributed by atoms with Crippen LogP contribution in [0.2, 0.25) is 0 Å². The van der Waals surface area contributed by atoms with Gasteiger partial charge in [0, 0.05) is 47.0 Å². The highest BCUT2D eigenvalue weighted by Gasteiger charge is 2.28. The lowest BCUT2D eigenvalue weighted by Crippen LogP contribution is -2.31. The molecule has 4 rings (SSSR count). The Morgan fingerprint density at radius 3 is 2.32 bits per heavy atom. The van der Waals surface area contributed by atoms with E-state index in [0.717, 1.165) is 38.5 Å². The van der Waals surface area contributed by atoms with Crippen molar-refractivity contribution in [3.63, 3.8) is 0 Å². The quantitative estimate of drug-likeness (QED) is 0.0311.